The molecule has 3 aromatic rings. The van der Waals surface area contributed by atoms with Crippen LogP contribution in [0, 0.1) is 5.82 Å². The van der Waals surface area contributed by atoms with E-state index < -0.39 is 5.82 Å². The second-order valence-electron chi connectivity index (χ2n) is 7.02. The maximum absolute atomic E-state index is 13.4. The average Bonchev–Trinajstić information content (AvgIpc) is 2.80. The topological polar surface area (TPSA) is 58.6 Å². The average molecular weight is 406 g/mol. The Bertz CT molecular complexity index is 1000. The first-order valence-electron chi connectivity index (χ1n) is 10.0. The Balaban J connectivity index is 1.37. The van der Waals surface area contributed by atoms with Crippen LogP contribution in [-0.4, -0.2) is 53.8 Å². The molecule has 7 heteroatoms. The van der Waals surface area contributed by atoms with E-state index in [0.717, 1.165) is 22.8 Å². The van der Waals surface area contributed by atoms with E-state index in [2.05, 4.69) is 15.1 Å². The number of nitrogens with zero attached hydrogens (tertiary/aromatic N) is 4. The van der Waals surface area contributed by atoms with Crippen LogP contribution in [0.2, 0.25) is 0 Å². The van der Waals surface area contributed by atoms with E-state index in [1.54, 1.807) is 17.0 Å². The summed E-state index contributed by atoms with van der Waals surface area (Å²) in [7, 11) is 0. The summed E-state index contributed by atoms with van der Waals surface area (Å²) >= 11 is 0. The van der Waals surface area contributed by atoms with Gasteiger partial charge in [-0.25, -0.2) is 4.39 Å². The van der Waals surface area contributed by atoms with Gasteiger partial charge in [-0.15, -0.1) is 10.2 Å². The van der Waals surface area contributed by atoms with Crippen LogP contribution in [0.5, 0.6) is 5.75 Å². The number of benzene rings is 2. The standard InChI is InChI=1S/C23H23FN4O2/c1-2-30-20-8-6-17(7-9-20)21-10-11-22(26-25-21)27-12-14-28(15-13-27)23(29)18-4-3-5-19(24)16-18/h3-11,16H,2,12-15H2,1H3. The first-order valence-corrected chi connectivity index (χ1v) is 10.0. The summed E-state index contributed by atoms with van der Waals surface area (Å²) in [5, 5.41) is 8.73. The summed E-state index contributed by atoms with van der Waals surface area (Å²) in [4.78, 5) is 16.4. The zero-order valence-corrected chi connectivity index (χ0v) is 16.8. The number of amides is 1. The number of carbonyl (C=O) groups excluding carboxylic acids is 1. The minimum atomic E-state index is -0.401. The number of aromatic nitrogens is 2. The van der Waals surface area contributed by atoms with Gasteiger partial charge in [-0.3, -0.25) is 4.79 Å². The molecule has 30 heavy (non-hydrogen) atoms. The van der Waals surface area contributed by atoms with E-state index in [0.29, 0.717) is 38.3 Å². The van der Waals surface area contributed by atoms with Gasteiger partial charge in [0.25, 0.3) is 5.91 Å². The predicted octanol–water partition coefficient (Wildman–Crippen LogP) is 3.64. The number of hydrogen-bond donors (Lipinski definition) is 0. The molecule has 0 bridgehead atoms. The van der Waals surface area contributed by atoms with Gasteiger partial charge in [0.15, 0.2) is 5.82 Å². The van der Waals surface area contributed by atoms with Gasteiger partial charge >= 0.3 is 0 Å². The van der Waals surface area contributed by atoms with Crippen LogP contribution in [0.25, 0.3) is 11.3 Å². The molecule has 1 aliphatic rings. The SMILES string of the molecule is CCOc1ccc(-c2ccc(N3CCN(C(=O)c4cccc(F)c4)CC3)nn2)cc1. The molecule has 4 rings (SSSR count). The molecular formula is C23H23FN4O2. The molecule has 0 N–H and O–H groups in total. The highest BCUT2D eigenvalue weighted by Crippen LogP contribution is 2.22. The van der Waals surface area contributed by atoms with Gasteiger partial charge in [-0.1, -0.05) is 6.07 Å². The highest BCUT2D eigenvalue weighted by molar-refractivity contribution is 5.94. The lowest BCUT2D eigenvalue weighted by atomic mass is 10.1. The van der Waals surface area contributed by atoms with E-state index in [9.17, 15) is 9.18 Å². The summed E-state index contributed by atoms with van der Waals surface area (Å²) in [6, 6.07) is 17.5. The van der Waals surface area contributed by atoms with E-state index in [1.165, 1.54) is 12.1 Å². The Hall–Kier alpha value is -3.48. The Morgan fingerprint density at radius 2 is 1.77 bits per heavy atom. The van der Waals surface area contributed by atoms with E-state index in [1.807, 2.05) is 43.3 Å². The lowest BCUT2D eigenvalue weighted by Crippen LogP contribution is -2.49. The van der Waals surface area contributed by atoms with Gasteiger partial charge in [0.1, 0.15) is 11.6 Å². The van der Waals surface area contributed by atoms with Crippen molar-refractivity contribution < 1.29 is 13.9 Å². The Morgan fingerprint density at radius 3 is 2.40 bits per heavy atom. The van der Waals surface area contributed by atoms with Crippen molar-refractivity contribution in [2.75, 3.05) is 37.7 Å². The van der Waals surface area contributed by atoms with Gasteiger partial charge in [-0.05, 0) is 61.5 Å². The van der Waals surface area contributed by atoms with Crippen molar-refractivity contribution in [3.05, 3.63) is 72.0 Å². The maximum Gasteiger partial charge on any atom is 0.254 e. The first-order chi connectivity index (χ1) is 14.6. The number of rotatable bonds is 5. The molecule has 1 amide bonds. The molecule has 6 nitrogen and oxygen atoms in total. The van der Waals surface area contributed by atoms with Gasteiger partial charge in [0, 0.05) is 37.3 Å². The van der Waals surface area contributed by atoms with Gasteiger partial charge < -0.3 is 14.5 Å². The van der Waals surface area contributed by atoms with Gasteiger partial charge in [0.2, 0.25) is 0 Å². The number of hydrogen-bond acceptors (Lipinski definition) is 5. The normalized spacial score (nSPS) is 13.9. The highest BCUT2D eigenvalue weighted by Gasteiger charge is 2.23. The fourth-order valence-electron chi connectivity index (χ4n) is 3.48. The molecule has 154 valence electrons. The van der Waals surface area contributed by atoms with E-state index >= 15 is 0 Å². The molecule has 0 aliphatic carbocycles. The van der Waals surface area contributed by atoms with Crippen molar-refractivity contribution >= 4 is 11.7 Å². The van der Waals surface area contributed by atoms with Crippen molar-refractivity contribution in [3.8, 4) is 17.0 Å². The van der Waals surface area contributed by atoms with Crippen molar-refractivity contribution in [1.82, 2.24) is 15.1 Å². The molecule has 1 fully saturated rings. The molecular weight excluding hydrogens is 383 g/mol. The zero-order chi connectivity index (χ0) is 20.9. The lowest BCUT2D eigenvalue weighted by Gasteiger charge is -2.35. The van der Waals surface area contributed by atoms with Crippen molar-refractivity contribution in [2.24, 2.45) is 0 Å². The maximum atomic E-state index is 13.4. The van der Waals surface area contributed by atoms with E-state index in [4.69, 9.17) is 4.74 Å². The fraction of sp³-hybridized carbons (Fsp3) is 0.261. The lowest BCUT2D eigenvalue weighted by molar-refractivity contribution is 0.0746. The number of carbonyl (C=O) groups is 1. The van der Waals surface area contributed by atoms with Crippen LogP contribution >= 0.6 is 0 Å². The molecule has 2 heterocycles. The minimum absolute atomic E-state index is 0.147. The number of piperazine rings is 1. The summed E-state index contributed by atoms with van der Waals surface area (Å²) in [5.41, 5.74) is 2.15. The third-order valence-electron chi connectivity index (χ3n) is 5.07. The molecule has 1 aliphatic heterocycles. The summed E-state index contributed by atoms with van der Waals surface area (Å²) in [6.07, 6.45) is 0. The summed E-state index contributed by atoms with van der Waals surface area (Å²) in [5.74, 6) is 1.06. The summed E-state index contributed by atoms with van der Waals surface area (Å²) < 4.78 is 18.9. The van der Waals surface area contributed by atoms with Crippen molar-refractivity contribution in [1.29, 1.82) is 0 Å². The molecule has 1 saturated heterocycles. The number of halogens is 1. The Kier molecular flexibility index (Phi) is 5.88. The van der Waals surface area contributed by atoms with Crippen LogP contribution < -0.4 is 9.64 Å². The largest absolute Gasteiger partial charge is 0.494 e. The Morgan fingerprint density at radius 1 is 1.00 bits per heavy atom. The van der Waals surface area contributed by atoms with E-state index in [-0.39, 0.29) is 5.91 Å². The monoisotopic (exact) mass is 406 g/mol. The van der Waals surface area contributed by atoms with Crippen LogP contribution in [0.4, 0.5) is 10.2 Å². The third kappa shape index (κ3) is 4.40. The van der Waals surface area contributed by atoms with Crippen LogP contribution in [-0.2, 0) is 0 Å². The van der Waals surface area contributed by atoms with Gasteiger partial charge in [0.05, 0.1) is 12.3 Å². The quantitative estimate of drug-likeness (QED) is 0.647. The molecule has 0 unspecified atom stereocenters. The number of anilines is 1. The molecule has 2 aromatic carbocycles. The molecule has 1 aromatic heterocycles. The highest BCUT2D eigenvalue weighted by atomic mass is 19.1. The second-order valence-corrected chi connectivity index (χ2v) is 7.02. The predicted molar refractivity (Wildman–Crippen MR) is 113 cm³/mol. The van der Waals surface area contributed by atoms with Gasteiger partial charge in [-0.2, -0.15) is 0 Å². The van der Waals surface area contributed by atoms with Crippen molar-refractivity contribution in [3.63, 3.8) is 0 Å². The van der Waals surface area contributed by atoms with Crippen LogP contribution in [0.15, 0.2) is 60.7 Å². The minimum Gasteiger partial charge on any atom is -0.494 e. The molecule has 0 saturated carbocycles. The molecule has 0 spiro atoms. The fourth-order valence-corrected chi connectivity index (χ4v) is 3.48. The molecule has 0 atom stereocenters. The molecule has 0 radical (unpaired) electrons. The van der Waals surface area contributed by atoms with Crippen molar-refractivity contribution in [2.45, 2.75) is 6.92 Å². The first kappa shape index (κ1) is 19.8. The Labute approximate surface area is 174 Å². The van der Waals surface area contributed by atoms with Crippen LogP contribution in [0.1, 0.15) is 17.3 Å². The zero-order valence-electron chi connectivity index (χ0n) is 16.8. The number of ether oxygens (including phenoxy) is 1. The smallest absolute Gasteiger partial charge is 0.254 e. The second kappa shape index (κ2) is 8.90. The third-order valence-corrected chi connectivity index (χ3v) is 5.07. The summed E-state index contributed by atoms with van der Waals surface area (Å²) in [6.45, 7) is 5.00. The van der Waals surface area contributed by atoms with Crippen LogP contribution in [0.3, 0.4) is 0 Å².